The molecule has 0 aromatic heterocycles. The first-order valence-corrected chi connectivity index (χ1v) is 9.02. The van der Waals surface area contributed by atoms with Crippen molar-refractivity contribution in [2.45, 2.75) is 18.5 Å². The summed E-state index contributed by atoms with van der Waals surface area (Å²) in [7, 11) is 0. The van der Waals surface area contributed by atoms with Crippen molar-refractivity contribution in [1.82, 2.24) is 10.9 Å². The molecule has 7 nitrogen and oxygen atoms in total. The van der Waals surface area contributed by atoms with E-state index in [0.29, 0.717) is 23.5 Å². The van der Waals surface area contributed by atoms with Gasteiger partial charge in [-0.3, -0.25) is 9.59 Å². The van der Waals surface area contributed by atoms with Gasteiger partial charge in [0.05, 0.1) is 5.69 Å². The molecule has 2 aliphatic heterocycles. The van der Waals surface area contributed by atoms with Crippen molar-refractivity contribution in [3.05, 3.63) is 52.5 Å². The van der Waals surface area contributed by atoms with Gasteiger partial charge in [-0.1, -0.05) is 28.1 Å². The van der Waals surface area contributed by atoms with Crippen molar-refractivity contribution < 1.29 is 14.3 Å². The molecule has 4 N–H and O–H groups in total. The van der Waals surface area contributed by atoms with Gasteiger partial charge < -0.3 is 15.4 Å². The number of fused-ring (bicyclic) bond motifs is 1. The van der Waals surface area contributed by atoms with Crippen LogP contribution in [0.4, 0.5) is 11.4 Å². The molecule has 2 amide bonds. The zero-order chi connectivity index (χ0) is 18.1. The largest absolute Gasteiger partial charge is 0.482 e. The molecular weight excluding hydrogens is 400 g/mol. The van der Waals surface area contributed by atoms with Gasteiger partial charge in [0.25, 0.3) is 5.91 Å². The van der Waals surface area contributed by atoms with E-state index in [1.165, 1.54) is 0 Å². The summed E-state index contributed by atoms with van der Waals surface area (Å²) >= 11 is 3.42. The maximum Gasteiger partial charge on any atom is 0.262 e. The van der Waals surface area contributed by atoms with Crippen LogP contribution in [0.1, 0.15) is 18.0 Å². The average Bonchev–Trinajstić information content (AvgIpc) is 3.12. The van der Waals surface area contributed by atoms with Gasteiger partial charge in [-0.25, -0.2) is 10.9 Å². The number of halogens is 1. The highest BCUT2D eigenvalue weighted by atomic mass is 79.9. The molecule has 2 aromatic rings. The fourth-order valence-corrected chi connectivity index (χ4v) is 3.30. The SMILES string of the molecule is O=C1COc2ccc(NC(=O)C3CC(c4ccc(Br)cc4)NN3)cc2N1. The highest BCUT2D eigenvalue weighted by Crippen LogP contribution is 2.31. The fourth-order valence-electron chi connectivity index (χ4n) is 3.03. The Hall–Kier alpha value is -2.42. The van der Waals surface area contributed by atoms with Crippen LogP contribution in [0.15, 0.2) is 46.9 Å². The lowest BCUT2D eigenvalue weighted by molar-refractivity contribution is -0.119. The number of nitrogens with one attached hydrogen (secondary N) is 4. The van der Waals surface area contributed by atoms with E-state index >= 15 is 0 Å². The first-order chi connectivity index (χ1) is 12.6. The maximum absolute atomic E-state index is 12.5. The number of ether oxygens (including phenoxy) is 1. The number of hydrogen-bond acceptors (Lipinski definition) is 5. The molecule has 2 aromatic carbocycles. The zero-order valence-corrected chi connectivity index (χ0v) is 15.3. The summed E-state index contributed by atoms with van der Waals surface area (Å²) in [5.74, 6) is 0.249. The van der Waals surface area contributed by atoms with Crippen LogP contribution in [0.25, 0.3) is 0 Å². The van der Waals surface area contributed by atoms with Crippen molar-refractivity contribution in [3.8, 4) is 5.75 Å². The number of carbonyl (C=O) groups excluding carboxylic acids is 2. The van der Waals surface area contributed by atoms with Crippen LogP contribution in [-0.4, -0.2) is 24.5 Å². The maximum atomic E-state index is 12.5. The standard InChI is InChI=1S/C18H17BrN4O3/c19-11-3-1-10(2-4-11)13-8-15(23-22-13)18(25)20-12-5-6-16-14(7-12)21-17(24)9-26-16/h1-7,13,15,22-23H,8-9H2,(H,20,25)(H,21,24). The minimum atomic E-state index is -0.356. The van der Waals surface area contributed by atoms with Gasteiger partial charge in [0.2, 0.25) is 5.91 Å². The van der Waals surface area contributed by atoms with Gasteiger partial charge in [-0.05, 0) is 42.3 Å². The highest BCUT2D eigenvalue weighted by Gasteiger charge is 2.30. The van der Waals surface area contributed by atoms with E-state index in [9.17, 15) is 9.59 Å². The lowest BCUT2D eigenvalue weighted by Gasteiger charge is -2.19. The Balaban J connectivity index is 1.40. The number of carbonyl (C=O) groups is 2. The van der Waals surface area contributed by atoms with Gasteiger partial charge in [-0.15, -0.1) is 0 Å². The summed E-state index contributed by atoms with van der Waals surface area (Å²) in [4.78, 5) is 24.0. The lowest BCUT2D eigenvalue weighted by Crippen LogP contribution is -2.39. The molecule has 4 rings (SSSR count). The molecule has 0 spiro atoms. The molecule has 26 heavy (non-hydrogen) atoms. The molecular formula is C18H17BrN4O3. The summed E-state index contributed by atoms with van der Waals surface area (Å²) in [5.41, 5.74) is 8.48. The van der Waals surface area contributed by atoms with Crippen molar-refractivity contribution >= 4 is 39.1 Å². The second kappa shape index (κ2) is 7.06. The van der Waals surface area contributed by atoms with Gasteiger partial charge >= 0.3 is 0 Å². The number of amides is 2. The second-order valence-electron chi connectivity index (χ2n) is 6.22. The average molecular weight is 417 g/mol. The van der Waals surface area contributed by atoms with Crippen LogP contribution in [0.2, 0.25) is 0 Å². The molecule has 2 atom stereocenters. The summed E-state index contributed by atoms with van der Waals surface area (Å²) in [6.07, 6.45) is 0.637. The van der Waals surface area contributed by atoms with Gasteiger partial charge in [0, 0.05) is 16.2 Å². The van der Waals surface area contributed by atoms with E-state index < -0.39 is 0 Å². The zero-order valence-electron chi connectivity index (χ0n) is 13.7. The first kappa shape index (κ1) is 17.0. The summed E-state index contributed by atoms with van der Waals surface area (Å²) in [5, 5.41) is 5.60. The smallest absolute Gasteiger partial charge is 0.262 e. The Morgan fingerprint density at radius 3 is 2.77 bits per heavy atom. The molecule has 0 bridgehead atoms. The predicted octanol–water partition coefficient (Wildman–Crippen LogP) is 2.33. The molecule has 0 saturated carbocycles. The third-order valence-electron chi connectivity index (χ3n) is 4.37. The van der Waals surface area contributed by atoms with Crippen LogP contribution in [0, 0.1) is 0 Å². The lowest BCUT2D eigenvalue weighted by atomic mass is 10.0. The minimum absolute atomic E-state index is 0.00775. The molecule has 2 unspecified atom stereocenters. The number of hydrazine groups is 1. The Kier molecular flexibility index (Phi) is 4.62. The topological polar surface area (TPSA) is 91.5 Å². The molecule has 1 fully saturated rings. The Morgan fingerprint density at radius 1 is 1.15 bits per heavy atom. The van der Waals surface area contributed by atoms with Crippen molar-refractivity contribution in [2.75, 3.05) is 17.2 Å². The van der Waals surface area contributed by atoms with E-state index in [-0.39, 0.29) is 30.5 Å². The van der Waals surface area contributed by atoms with Crippen LogP contribution in [0.3, 0.4) is 0 Å². The number of anilines is 2. The number of hydrogen-bond donors (Lipinski definition) is 4. The molecule has 8 heteroatoms. The summed E-state index contributed by atoms with van der Waals surface area (Å²) in [6.45, 7) is 0.00775. The third-order valence-corrected chi connectivity index (χ3v) is 4.90. The van der Waals surface area contributed by atoms with E-state index in [0.717, 1.165) is 10.0 Å². The summed E-state index contributed by atoms with van der Waals surface area (Å²) < 4.78 is 6.33. The quantitative estimate of drug-likeness (QED) is 0.616. The molecule has 1 saturated heterocycles. The van der Waals surface area contributed by atoms with Crippen LogP contribution < -0.4 is 26.2 Å². The number of rotatable bonds is 3. The van der Waals surface area contributed by atoms with Crippen LogP contribution >= 0.6 is 15.9 Å². The third kappa shape index (κ3) is 3.57. The van der Waals surface area contributed by atoms with E-state index in [1.54, 1.807) is 18.2 Å². The summed E-state index contributed by atoms with van der Waals surface area (Å²) in [6, 6.07) is 12.9. The van der Waals surface area contributed by atoms with Gasteiger partial charge in [0.15, 0.2) is 6.61 Å². The van der Waals surface area contributed by atoms with Crippen LogP contribution in [-0.2, 0) is 9.59 Å². The van der Waals surface area contributed by atoms with Gasteiger partial charge in [-0.2, -0.15) is 0 Å². The second-order valence-corrected chi connectivity index (χ2v) is 7.13. The van der Waals surface area contributed by atoms with E-state index in [1.807, 2.05) is 24.3 Å². The van der Waals surface area contributed by atoms with Crippen molar-refractivity contribution in [1.29, 1.82) is 0 Å². The van der Waals surface area contributed by atoms with E-state index in [2.05, 4.69) is 37.4 Å². The molecule has 2 heterocycles. The predicted molar refractivity (Wildman–Crippen MR) is 101 cm³/mol. The molecule has 134 valence electrons. The van der Waals surface area contributed by atoms with Gasteiger partial charge in [0.1, 0.15) is 11.8 Å². The fraction of sp³-hybridized carbons (Fsp3) is 0.222. The first-order valence-electron chi connectivity index (χ1n) is 8.22. The normalized spacial score (nSPS) is 21.5. The Bertz CT molecular complexity index is 856. The van der Waals surface area contributed by atoms with Crippen molar-refractivity contribution in [2.24, 2.45) is 0 Å². The highest BCUT2D eigenvalue weighted by molar-refractivity contribution is 9.10. The molecule has 0 radical (unpaired) electrons. The molecule has 2 aliphatic rings. The monoisotopic (exact) mass is 416 g/mol. The number of benzene rings is 2. The Morgan fingerprint density at radius 2 is 1.96 bits per heavy atom. The minimum Gasteiger partial charge on any atom is -0.482 e. The molecule has 0 aliphatic carbocycles. The van der Waals surface area contributed by atoms with E-state index in [4.69, 9.17) is 4.74 Å². The van der Waals surface area contributed by atoms with Crippen LogP contribution in [0.5, 0.6) is 5.75 Å². The Labute approximate surface area is 158 Å². The van der Waals surface area contributed by atoms with Crippen molar-refractivity contribution in [3.63, 3.8) is 0 Å².